The standard InChI is InChI=1S/C31H35F2N7O3/c1-17-11-19(12-26(34)30(17)37-18(2)41)23-5-8-35-16-28(23)38-31-36-15-20-3-4-27(39-40(20)31)29-24(32)13-22(14-25(29)33)43-21-6-9-42-10-7-21/h3-5,8,13-17,19,21,26,30H,6-7,9-12,34H2,1-2H3,(H,36,38)(H,37,41). The first-order chi connectivity index (χ1) is 20.8. The first-order valence-electron chi connectivity index (χ1n) is 14.6. The molecule has 0 bridgehead atoms. The van der Waals surface area contributed by atoms with Crippen LogP contribution >= 0.6 is 0 Å². The van der Waals surface area contributed by atoms with Gasteiger partial charge in [-0.25, -0.2) is 13.8 Å². The molecular weight excluding hydrogens is 556 g/mol. The van der Waals surface area contributed by atoms with Gasteiger partial charge in [-0.05, 0) is 48.4 Å². The molecule has 1 amide bonds. The Bertz CT molecular complexity index is 1590. The van der Waals surface area contributed by atoms with Crippen LogP contribution in [0.2, 0.25) is 0 Å². The van der Waals surface area contributed by atoms with Crippen molar-refractivity contribution in [1.82, 2.24) is 24.9 Å². The number of carbonyl (C=O) groups is 1. The Hall–Kier alpha value is -4.16. The van der Waals surface area contributed by atoms with Gasteiger partial charge in [0.15, 0.2) is 0 Å². The molecule has 3 aromatic heterocycles. The predicted molar refractivity (Wildman–Crippen MR) is 157 cm³/mol. The first-order valence-corrected chi connectivity index (χ1v) is 14.6. The number of benzene rings is 1. The van der Waals surface area contributed by atoms with Crippen molar-refractivity contribution in [3.63, 3.8) is 0 Å². The molecule has 2 fully saturated rings. The van der Waals surface area contributed by atoms with Crippen molar-refractivity contribution in [2.45, 2.75) is 63.6 Å². The predicted octanol–water partition coefficient (Wildman–Crippen LogP) is 4.72. The molecule has 4 atom stereocenters. The summed E-state index contributed by atoms with van der Waals surface area (Å²) in [6.45, 7) is 4.72. The summed E-state index contributed by atoms with van der Waals surface area (Å²) in [5.74, 6) is -0.809. The number of pyridine rings is 1. The van der Waals surface area contributed by atoms with E-state index in [0.717, 1.165) is 17.7 Å². The molecule has 10 nitrogen and oxygen atoms in total. The van der Waals surface area contributed by atoms with Gasteiger partial charge in [-0.1, -0.05) is 6.92 Å². The highest BCUT2D eigenvalue weighted by molar-refractivity contribution is 5.73. The number of ether oxygens (including phenoxy) is 2. The Morgan fingerprint density at radius 1 is 1.12 bits per heavy atom. The Labute approximate surface area is 248 Å². The van der Waals surface area contributed by atoms with Crippen molar-refractivity contribution in [3.05, 3.63) is 66.1 Å². The fourth-order valence-electron chi connectivity index (χ4n) is 6.26. The van der Waals surface area contributed by atoms with Gasteiger partial charge in [-0.2, -0.15) is 9.61 Å². The number of amides is 1. The quantitative estimate of drug-likeness (QED) is 0.282. The molecule has 6 rings (SSSR count). The minimum atomic E-state index is -0.765. The lowest BCUT2D eigenvalue weighted by Gasteiger charge is -2.39. The zero-order chi connectivity index (χ0) is 30.1. The van der Waals surface area contributed by atoms with Gasteiger partial charge in [0.1, 0.15) is 23.5 Å². The van der Waals surface area contributed by atoms with E-state index in [4.69, 9.17) is 15.2 Å². The summed E-state index contributed by atoms with van der Waals surface area (Å²) in [4.78, 5) is 20.5. The van der Waals surface area contributed by atoms with Crippen molar-refractivity contribution in [2.75, 3.05) is 18.5 Å². The van der Waals surface area contributed by atoms with Gasteiger partial charge < -0.3 is 25.8 Å². The van der Waals surface area contributed by atoms with Crippen molar-refractivity contribution < 1.29 is 23.0 Å². The first kappa shape index (κ1) is 28.9. The van der Waals surface area contributed by atoms with E-state index in [9.17, 15) is 4.79 Å². The number of halogens is 2. The van der Waals surface area contributed by atoms with Crippen LogP contribution in [0.25, 0.3) is 16.8 Å². The van der Waals surface area contributed by atoms with E-state index in [-0.39, 0.29) is 52.9 Å². The van der Waals surface area contributed by atoms with E-state index < -0.39 is 11.6 Å². The maximum absolute atomic E-state index is 15.3. The second-order valence-corrected chi connectivity index (χ2v) is 11.5. The van der Waals surface area contributed by atoms with Crippen molar-refractivity contribution in [2.24, 2.45) is 11.7 Å². The molecule has 1 saturated heterocycles. The van der Waals surface area contributed by atoms with Crippen LogP contribution in [-0.4, -0.2) is 56.9 Å². The fraction of sp³-hybridized carbons (Fsp3) is 0.419. The smallest absolute Gasteiger partial charge is 0.229 e. The zero-order valence-corrected chi connectivity index (χ0v) is 24.1. The molecule has 0 spiro atoms. The van der Waals surface area contributed by atoms with Crippen LogP contribution in [0.1, 0.15) is 51.0 Å². The van der Waals surface area contributed by atoms with Gasteiger partial charge in [0.05, 0.1) is 48.1 Å². The number of carbonyl (C=O) groups excluding carboxylic acids is 1. The van der Waals surface area contributed by atoms with Crippen molar-refractivity contribution >= 4 is 23.1 Å². The van der Waals surface area contributed by atoms with E-state index in [1.165, 1.54) is 23.6 Å². The number of hydrogen-bond acceptors (Lipinski definition) is 8. The normalized spacial score (nSPS) is 22.8. The summed E-state index contributed by atoms with van der Waals surface area (Å²) in [6, 6.07) is 7.33. The van der Waals surface area contributed by atoms with E-state index in [2.05, 4.69) is 32.6 Å². The number of imidazole rings is 1. The van der Waals surface area contributed by atoms with E-state index in [1.54, 1.807) is 30.7 Å². The molecule has 4 N–H and O–H groups in total. The minimum absolute atomic E-state index is 0.0888. The fourth-order valence-corrected chi connectivity index (χ4v) is 6.26. The van der Waals surface area contributed by atoms with Crippen LogP contribution in [0, 0.1) is 17.6 Å². The molecule has 4 aromatic rings. The lowest BCUT2D eigenvalue weighted by Crippen LogP contribution is -2.54. The highest BCUT2D eigenvalue weighted by atomic mass is 19.1. The molecule has 2 aliphatic rings. The van der Waals surface area contributed by atoms with Crippen LogP contribution in [0.15, 0.2) is 48.9 Å². The molecule has 12 heteroatoms. The summed E-state index contributed by atoms with van der Waals surface area (Å²) in [5, 5.41) is 10.9. The molecule has 0 radical (unpaired) electrons. The summed E-state index contributed by atoms with van der Waals surface area (Å²) in [5.41, 5.74) is 8.77. The number of nitrogens with two attached hydrogens (primary N) is 1. The SMILES string of the molecule is CC(=O)NC1C(C)CC(c2ccncc2Nc2ncc3ccc(-c4c(F)cc(OC5CCOCC5)cc4F)nn23)CC1N. The second-order valence-electron chi connectivity index (χ2n) is 11.5. The lowest BCUT2D eigenvalue weighted by molar-refractivity contribution is -0.120. The van der Waals surface area contributed by atoms with Crippen molar-refractivity contribution in [1.29, 1.82) is 0 Å². The average molecular weight is 592 g/mol. The zero-order valence-electron chi connectivity index (χ0n) is 24.1. The highest BCUT2D eigenvalue weighted by Gasteiger charge is 2.35. The van der Waals surface area contributed by atoms with Crippen LogP contribution < -0.4 is 21.1 Å². The number of rotatable bonds is 7. The summed E-state index contributed by atoms with van der Waals surface area (Å²) in [7, 11) is 0. The molecule has 226 valence electrons. The number of hydrogen-bond donors (Lipinski definition) is 3. The van der Waals surface area contributed by atoms with Gasteiger partial charge >= 0.3 is 0 Å². The molecule has 1 aromatic carbocycles. The third-order valence-electron chi connectivity index (χ3n) is 8.33. The van der Waals surface area contributed by atoms with E-state index in [1.807, 2.05) is 6.07 Å². The van der Waals surface area contributed by atoms with Gasteiger partial charge in [0.25, 0.3) is 0 Å². The van der Waals surface area contributed by atoms with E-state index >= 15 is 8.78 Å². The monoisotopic (exact) mass is 591 g/mol. The molecule has 1 aliphatic heterocycles. The Morgan fingerprint density at radius 3 is 2.60 bits per heavy atom. The molecule has 43 heavy (non-hydrogen) atoms. The third kappa shape index (κ3) is 6.16. The number of fused-ring (bicyclic) bond motifs is 1. The van der Waals surface area contributed by atoms with Gasteiger partial charge in [-0.15, -0.1) is 0 Å². The highest BCUT2D eigenvalue weighted by Crippen LogP contribution is 2.39. The Kier molecular flexibility index (Phi) is 8.22. The lowest BCUT2D eigenvalue weighted by atomic mass is 9.73. The van der Waals surface area contributed by atoms with Gasteiger partial charge in [0, 0.05) is 50.2 Å². The molecule has 1 aliphatic carbocycles. The summed E-state index contributed by atoms with van der Waals surface area (Å²) in [6.07, 6.45) is 7.79. The van der Waals surface area contributed by atoms with Crippen LogP contribution in [-0.2, 0) is 9.53 Å². The Morgan fingerprint density at radius 2 is 1.88 bits per heavy atom. The average Bonchev–Trinajstić information content (AvgIpc) is 3.37. The number of anilines is 2. The van der Waals surface area contributed by atoms with Gasteiger partial charge in [0.2, 0.25) is 11.9 Å². The molecular formula is C31H35F2N7O3. The van der Waals surface area contributed by atoms with E-state index in [0.29, 0.717) is 43.9 Å². The third-order valence-corrected chi connectivity index (χ3v) is 8.33. The minimum Gasteiger partial charge on any atom is -0.490 e. The van der Waals surface area contributed by atoms with Crippen LogP contribution in [0.3, 0.4) is 0 Å². The van der Waals surface area contributed by atoms with Gasteiger partial charge in [-0.3, -0.25) is 9.78 Å². The molecule has 1 saturated carbocycles. The maximum Gasteiger partial charge on any atom is 0.229 e. The second kappa shape index (κ2) is 12.2. The summed E-state index contributed by atoms with van der Waals surface area (Å²) < 4.78 is 43.2. The molecule has 4 unspecified atom stereocenters. The molecule has 4 heterocycles. The van der Waals surface area contributed by atoms with Crippen molar-refractivity contribution in [3.8, 4) is 17.0 Å². The summed E-state index contributed by atoms with van der Waals surface area (Å²) >= 11 is 0. The number of nitrogens with zero attached hydrogens (tertiary/aromatic N) is 4. The Balaban J connectivity index is 1.26. The van der Waals surface area contributed by atoms with Crippen LogP contribution in [0.5, 0.6) is 5.75 Å². The largest absolute Gasteiger partial charge is 0.490 e. The topological polar surface area (TPSA) is 129 Å². The number of aromatic nitrogens is 4. The maximum atomic E-state index is 15.3. The van der Waals surface area contributed by atoms with Crippen LogP contribution in [0.4, 0.5) is 20.4 Å². The number of nitrogens with one attached hydrogen (secondary N) is 2.